The third-order valence-electron chi connectivity index (χ3n) is 3.89. The maximum Gasteiger partial charge on any atom is 0.251 e. The minimum absolute atomic E-state index is 0.0293. The monoisotopic (exact) mass is 334 g/mol. The fourth-order valence-corrected chi connectivity index (χ4v) is 2.27. The van der Waals surface area contributed by atoms with Crippen LogP contribution in [-0.4, -0.2) is 35.6 Å². The highest BCUT2D eigenvalue weighted by Crippen LogP contribution is 2.22. The summed E-state index contributed by atoms with van der Waals surface area (Å²) in [6.45, 7) is 10.1. The number of aliphatic hydroxyl groups excluding tert-OH is 1. The molecule has 134 valence electrons. The Morgan fingerprint density at radius 3 is 2.25 bits per heavy atom. The number of carbonyl (C=O) groups is 2. The Bertz CT molecular complexity index is 547. The van der Waals surface area contributed by atoms with Gasteiger partial charge >= 0.3 is 0 Å². The quantitative estimate of drug-likeness (QED) is 0.716. The lowest BCUT2D eigenvalue weighted by atomic mass is 9.86. The molecule has 0 fully saturated rings. The first-order chi connectivity index (χ1) is 11.1. The van der Waals surface area contributed by atoms with Gasteiger partial charge in [-0.2, -0.15) is 0 Å². The molecule has 0 saturated carbocycles. The fraction of sp³-hybridized carbons (Fsp3) is 0.579. The van der Waals surface area contributed by atoms with E-state index in [1.54, 1.807) is 19.1 Å². The minimum atomic E-state index is -0.659. The molecular weight excluding hydrogens is 304 g/mol. The van der Waals surface area contributed by atoms with Crippen molar-refractivity contribution in [3.8, 4) is 0 Å². The average molecular weight is 334 g/mol. The first-order valence-corrected chi connectivity index (χ1v) is 8.52. The molecule has 2 unspecified atom stereocenters. The van der Waals surface area contributed by atoms with Crippen molar-refractivity contribution in [1.29, 1.82) is 0 Å². The standard InChI is InChI=1S/C19H30N2O3/c1-6-7-16(22)12-20-17(23)13(2)21-18(24)14-8-10-15(11-9-14)19(3,4)5/h8-11,13,16,22H,6-7,12H2,1-5H3,(H,20,23)(H,21,24). The number of nitrogens with one attached hydrogen (secondary N) is 2. The van der Waals surface area contributed by atoms with Gasteiger partial charge < -0.3 is 15.7 Å². The molecule has 0 aliphatic carbocycles. The molecule has 0 aromatic heterocycles. The van der Waals surface area contributed by atoms with Crippen LogP contribution in [0.5, 0.6) is 0 Å². The first kappa shape index (κ1) is 20.2. The van der Waals surface area contributed by atoms with E-state index in [0.717, 1.165) is 12.0 Å². The molecule has 1 rings (SSSR count). The molecule has 0 spiro atoms. The van der Waals surface area contributed by atoms with Crippen molar-refractivity contribution in [2.24, 2.45) is 0 Å². The Hall–Kier alpha value is -1.88. The molecule has 24 heavy (non-hydrogen) atoms. The highest BCUT2D eigenvalue weighted by molar-refractivity contribution is 5.97. The van der Waals surface area contributed by atoms with Gasteiger partial charge in [-0.15, -0.1) is 0 Å². The number of hydrogen-bond acceptors (Lipinski definition) is 3. The van der Waals surface area contributed by atoms with Crippen molar-refractivity contribution in [2.75, 3.05) is 6.54 Å². The van der Waals surface area contributed by atoms with Gasteiger partial charge in [-0.3, -0.25) is 9.59 Å². The zero-order chi connectivity index (χ0) is 18.3. The van der Waals surface area contributed by atoms with Crippen LogP contribution < -0.4 is 10.6 Å². The summed E-state index contributed by atoms with van der Waals surface area (Å²) in [5, 5.41) is 15.0. The molecule has 5 heteroatoms. The Morgan fingerprint density at radius 1 is 1.17 bits per heavy atom. The lowest BCUT2D eigenvalue weighted by molar-refractivity contribution is -0.123. The van der Waals surface area contributed by atoms with Crippen molar-refractivity contribution in [1.82, 2.24) is 10.6 Å². The van der Waals surface area contributed by atoms with Crippen LogP contribution in [0.1, 0.15) is 63.4 Å². The topological polar surface area (TPSA) is 78.4 Å². The predicted octanol–water partition coefficient (Wildman–Crippen LogP) is 2.38. The maximum absolute atomic E-state index is 12.2. The molecule has 0 aliphatic heterocycles. The van der Waals surface area contributed by atoms with Gasteiger partial charge in [-0.25, -0.2) is 0 Å². The molecule has 2 atom stereocenters. The van der Waals surface area contributed by atoms with Crippen molar-refractivity contribution in [2.45, 2.75) is 65.0 Å². The van der Waals surface area contributed by atoms with E-state index in [4.69, 9.17) is 0 Å². The predicted molar refractivity (Wildman–Crippen MR) is 96.0 cm³/mol. The zero-order valence-electron chi connectivity index (χ0n) is 15.3. The SMILES string of the molecule is CCCC(O)CNC(=O)C(C)NC(=O)c1ccc(C(C)(C)C)cc1. The Balaban J connectivity index is 2.55. The molecule has 0 heterocycles. The van der Waals surface area contributed by atoms with Crippen LogP contribution in [0.15, 0.2) is 24.3 Å². The summed E-state index contributed by atoms with van der Waals surface area (Å²) in [6.07, 6.45) is 0.946. The van der Waals surface area contributed by atoms with Crippen molar-refractivity contribution >= 4 is 11.8 Å². The van der Waals surface area contributed by atoms with E-state index in [2.05, 4.69) is 31.4 Å². The van der Waals surface area contributed by atoms with Crippen molar-refractivity contribution in [3.63, 3.8) is 0 Å². The average Bonchev–Trinajstić information content (AvgIpc) is 2.52. The van der Waals surface area contributed by atoms with Crippen LogP contribution in [-0.2, 0) is 10.2 Å². The lowest BCUT2D eigenvalue weighted by Gasteiger charge is -2.19. The highest BCUT2D eigenvalue weighted by Gasteiger charge is 2.18. The number of hydrogen-bond donors (Lipinski definition) is 3. The molecule has 5 nitrogen and oxygen atoms in total. The Labute approximate surface area is 144 Å². The number of aliphatic hydroxyl groups is 1. The number of amides is 2. The second kappa shape index (κ2) is 8.83. The normalized spacial score (nSPS) is 13.9. The molecule has 0 bridgehead atoms. The van der Waals surface area contributed by atoms with Crippen molar-refractivity contribution in [3.05, 3.63) is 35.4 Å². The molecule has 3 N–H and O–H groups in total. The van der Waals surface area contributed by atoms with Crippen molar-refractivity contribution < 1.29 is 14.7 Å². The van der Waals surface area contributed by atoms with E-state index in [1.807, 2.05) is 19.1 Å². The van der Waals surface area contributed by atoms with Crippen LogP contribution in [0.3, 0.4) is 0 Å². The highest BCUT2D eigenvalue weighted by atomic mass is 16.3. The van der Waals surface area contributed by atoms with E-state index < -0.39 is 12.1 Å². The van der Waals surface area contributed by atoms with Crippen LogP contribution in [0.2, 0.25) is 0 Å². The van der Waals surface area contributed by atoms with E-state index in [1.165, 1.54) is 0 Å². The van der Waals surface area contributed by atoms with Gasteiger partial charge in [-0.05, 0) is 36.5 Å². The summed E-state index contributed by atoms with van der Waals surface area (Å²) in [7, 11) is 0. The van der Waals surface area contributed by atoms with Gasteiger partial charge in [0.1, 0.15) is 6.04 Å². The van der Waals surface area contributed by atoms with Gasteiger partial charge in [0.25, 0.3) is 5.91 Å². The molecule has 2 amide bonds. The number of rotatable bonds is 7. The third-order valence-corrected chi connectivity index (χ3v) is 3.89. The van der Waals surface area contributed by atoms with Gasteiger partial charge in [0.05, 0.1) is 6.10 Å². The zero-order valence-corrected chi connectivity index (χ0v) is 15.3. The molecule has 0 radical (unpaired) electrons. The summed E-state index contributed by atoms with van der Waals surface area (Å²) >= 11 is 0. The largest absolute Gasteiger partial charge is 0.391 e. The van der Waals surface area contributed by atoms with E-state index in [0.29, 0.717) is 12.0 Å². The van der Waals surface area contributed by atoms with Gasteiger partial charge in [0, 0.05) is 12.1 Å². The van der Waals surface area contributed by atoms with Crippen LogP contribution in [0.4, 0.5) is 0 Å². The Morgan fingerprint density at radius 2 is 1.75 bits per heavy atom. The number of carbonyl (C=O) groups excluding carboxylic acids is 2. The fourth-order valence-electron chi connectivity index (χ4n) is 2.27. The summed E-state index contributed by atoms with van der Waals surface area (Å²) in [6, 6.07) is 6.74. The lowest BCUT2D eigenvalue weighted by Crippen LogP contribution is -2.46. The molecule has 1 aromatic rings. The second-order valence-corrected chi connectivity index (χ2v) is 7.21. The van der Waals surface area contributed by atoms with E-state index in [-0.39, 0.29) is 23.8 Å². The molecule has 1 aromatic carbocycles. The summed E-state index contributed by atoms with van der Waals surface area (Å²) in [5.74, 6) is -0.586. The van der Waals surface area contributed by atoms with Crippen LogP contribution in [0, 0.1) is 0 Å². The Kier molecular flexibility index (Phi) is 7.42. The molecular formula is C19H30N2O3. The van der Waals surface area contributed by atoms with Gasteiger partial charge in [-0.1, -0.05) is 46.2 Å². The smallest absolute Gasteiger partial charge is 0.251 e. The maximum atomic E-state index is 12.2. The van der Waals surface area contributed by atoms with Gasteiger partial charge in [0.15, 0.2) is 0 Å². The molecule has 0 saturated heterocycles. The van der Waals surface area contributed by atoms with Crippen LogP contribution >= 0.6 is 0 Å². The van der Waals surface area contributed by atoms with Gasteiger partial charge in [0.2, 0.25) is 5.91 Å². The summed E-state index contributed by atoms with van der Waals surface area (Å²) in [5.41, 5.74) is 1.70. The molecule has 0 aliphatic rings. The second-order valence-electron chi connectivity index (χ2n) is 7.21. The minimum Gasteiger partial charge on any atom is -0.391 e. The van der Waals surface area contributed by atoms with E-state index in [9.17, 15) is 14.7 Å². The van der Waals surface area contributed by atoms with Crippen LogP contribution in [0.25, 0.3) is 0 Å². The summed E-state index contributed by atoms with van der Waals surface area (Å²) < 4.78 is 0. The third kappa shape index (κ3) is 6.32. The summed E-state index contributed by atoms with van der Waals surface area (Å²) in [4.78, 5) is 24.2. The number of benzene rings is 1. The first-order valence-electron chi connectivity index (χ1n) is 8.52. The van der Waals surface area contributed by atoms with E-state index >= 15 is 0 Å².